The average Bonchev–Trinajstić information content (AvgIpc) is 2.34. The normalized spacial score (nSPS) is 9.20. The first-order chi connectivity index (χ1) is 4.79. The standard InChI is InChI=1S/C5H6N2O3/c8-5(9)6-3-4-1-2-10-7-4/h1-2,6H,3H2,(H,8,9). The highest BCUT2D eigenvalue weighted by Gasteiger charge is 1.97. The molecule has 54 valence electrons. The van der Waals surface area contributed by atoms with Crippen molar-refractivity contribution >= 4 is 6.09 Å². The van der Waals surface area contributed by atoms with E-state index in [0.29, 0.717) is 5.69 Å². The Balaban J connectivity index is 2.35. The number of rotatable bonds is 2. The number of amides is 1. The third-order valence-corrected chi connectivity index (χ3v) is 0.912. The summed E-state index contributed by atoms with van der Waals surface area (Å²) in [5, 5.41) is 13.8. The van der Waals surface area contributed by atoms with Crippen LogP contribution in [0.3, 0.4) is 0 Å². The Hall–Kier alpha value is -1.52. The second kappa shape index (κ2) is 2.86. The third-order valence-electron chi connectivity index (χ3n) is 0.912. The van der Waals surface area contributed by atoms with Gasteiger partial charge in [-0.05, 0) is 0 Å². The maximum absolute atomic E-state index is 9.92. The molecule has 5 nitrogen and oxygen atoms in total. The molecular weight excluding hydrogens is 136 g/mol. The van der Waals surface area contributed by atoms with E-state index in [1.165, 1.54) is 6.26 Å². The molecular formula is C5H6N2O3. The third kappa shape index (κ3) is 1.77. The van der Waals surface area contributed by atoms with E-state index in [-0.39, 0.29) is 6.54 Å². The summed E-state index contributed by atoms with van der Waals surface area (Å²) < 4.78 is 4.46. The van der Waals surface area contributed by atoms with Gasteiger partial charge in [0.2, 0.25) is 0 Å². The lowest BCUT2D eigenvalue weighted by Crippen LogP contribution is -2.19. The summed E-state index contributed by atoms with van der Waals surface area (Å²) in [6.07, 6.45) is 0.321. The van der Waals surface area contributed by atoms with Gasteiger partial charge >= 0.3 is 6.09 Å². The Kier molecular flexibility index (Phi) is 1.89. The number of carboxylic acid groups (broad SMARTS) is 1. The monoisotopic (exact) mass is 142 g/mol. The van der Waals surface area contributed by atoms with Gasteiger partial charge in [-0.1, -0.05) is 5.16 Å². The van der Waals surface area contributed by atoms with Gasteiger partial charge in [0, 0.05) is 6.07 Å². The minimum atomic E-state index is -1.07. The van der Waals surface area contributed by atoms with Crippen molar-refractivity contribution in [2.24, 2.45) is 0 Å². The lowest BCUT2D eigenvalue weighted by Gasteiger charge is -1.92. The number of nitrogens with one attached hydrogen (secondary N) is 1. The smallest absolute Gasteiger partial charge is 0.404 e. The van der Waals surface area contributed by atoms with Gasteiger partial charge in [-0.2, -0.15) is 0 Å². The first-order valence-electron chi connectivity index (χ1n) is 2.65. The lowest BCUT2D eigenvalue weighted by atomic mass is 10.4. The van der Waals surface area contributed by atoms with E-state index in [0.717, 1.165) is 0 Å². The second-order valence-corrected chi connectivity index (χ2v) is 1.65. The summed E-state index contributed by atoms with van der Waals surface area (Å²) in [6.45, 7) is 0.186. The molecule has 1 aromatic rings. The highest BCUT2D eigenvalue weighted by Crippen LogP contribution is 1.91. The van der Waals surface area contributed by atoms with Crippen molar-refractivity contribution in [1.82, 2.24) is 10.5 Å². The molecule has 0 radical (unpaired) electrons. The summed E-state index contributed by atoms with van der Waals surface area (Å²) in [5.41, 5.74) is 0.572. The molecule has 0 atom stereocenters. The Morgan fingerprint density at radius 2 is 2.70 bits per heavy atom. The van der Waals surface area contributed by atoms with E-state index in [1.54, 1.807) is 6.07 Å². The van der Waals surface area contributed by atoms with Crippen LogP contribution in [-0.4, -0.2) is 16.4 Å². The van der Waals surface area contributed by atoms with Crippen molar-refractivity contribution in [3.8, 4) is 0 Å². The molecule has 1 rings (SSSR count). The fourth-order valence-corrected chi connectivity index (χ4v) is 0.495. The predicted octanol–water partition coefficient (Wildman–Crippen LogP) is 0.442. The van der Waals surface area contributed by atoms with Crippen LogP contribution in [0.15, 0.2) is 16.9 Å². The summed E-state index contributed by atoms with van der Waals surface area (Å²) in [4.78, 5) is 9.92. The Morgan fingerprint density at radius 3 is 3.20 bits per heavy atom. The largest absolute Gasteiger partial charge is 0.465 e. The minimum absolute atomic E-state index is 0.186. The molecule has 0 fully saturated rings. The molecule has 0 aliphatic carbocycles. The second-order valence-electron chi connectivity index (χ2n) is 1.65. The van der Waals surface area contributed by atoms with Crippen molar-refractivity contribution in [1.29, 1.82) is 0 Å². The molecule has 0 bridgehead atoms. The number of hydrogen-bond acceptors (Lipinski definition) is 3. The fraction of sp³-hybridized carbons (Fsp3) is 0.200. The van der Waals surface area contributed by atoms with Crippen LogP contribution in [0, 0.1) is 0 Å². The summed E-state index contributed by atoms with van der Waals surface area (Å²) >= 11 is 0. The maximum Gasteiger partial charge on any atom is 0.404 e. The number of carbonyl (C=O) groups is 1. The Bertz CT molecular complexity index is 207. The molecule has 0 aliphatic heterocycles. The van der Waals surface area contributed by atoms with Crippen LogP contribution in [0.1, 0.15) is 5.69 Å². The number of aromatic nitrogens is 1. The van der Waals surface area contributed by atoms with Gasteiger partial charge in [0.15, 0.2) is 0 Å². The van der Waals surface area contributed by atoms with Crippen LogP contribution in [0.2, 0.25) is 0 Å². The molecule has 5 heteroatoms. The zero-order valence-corrected chi connectivity index (χ0v) is 5.07. The van der Waals surface area contributed by atoms with Crippen LogP contribution >= 0.6 is 0 Å². The number of hydrogen-bond donors (Lipinski definition) is 2. The van der Waals surface area contributed by atoms with Gasteiger partial charge in [0.1, 0.15) is 12.0 Å². The molecule has 1 amide bonds. The molecule has 2 N–H and O–H groups in total. The molecule has 0 aromatic carbocycles. The van der Waals surface area contributed by atoms with E-state index in [4.69, 9.17) is 5.11 Å². The van der Waals surface area contributed by atoms with Gasteiger partial charge in [-0.3, -0.25) is 0 Å². The zero-order valence-electron chi connectivity index (χ0n) is 5.07. The first kappa shape index (κ1) is 6.60. The van der Waals surface area contributed by atoms with Gasteiger partial charge in [-0.15, -0.1) is 0 Å². The highest BCUT2D eigenvalue weighted by atomic mass is 16.5. The van der Waals surface area contributed by atoms with Crippen molar-refractivity contribution in [2.45, 2.75) is 6.54 Å². The lowest BCUT2D eigenvalue weighted by molar-refractivity contribution is 0.193. The molecule has 0 unspecified atom stereocenters. The zero-order chi connectivity index (χ0) is 7.40. The van der Waals surface area contributed by atoms with Gasteiger partial charge in [0.25, 0.3) is 0 Å². The van der Waals surface area contributed by atoms with Crippen LogP contribution in [-0.2, 0) is 6.54 Å². The van der Waals surface area contributed by atoms with Crippen molar-refractivity contribution in [3.63, 3.8) is 0 Å². The summed E-state index contributed by atoms with van der Waals surface area (Å²) in [5.74, 6) is 0. The van der Waals surface area contributed by atoms with Crippen LogP contribution in [0.25, 0.3) is 0 Å². The maximum atomic E-state index is 9.92. The van der Waals surface area contributed by atoms with Crippen molar-refractivity contribution in [2.75, 3.05) is 0 Å². The molecule has 1 aromatic heterocycles. The average molecular weight is 142 g/mol. The van der Waals surface area contributed by atoms with E-state index < -0.39 is 6.09 Å². The van der Waals surface area contributed by atoms with E-state index >= 15 is 0 Å². The van der Waals surface area contributed by atoms with Gasteiger partial charge in [0.05, 0.1) is 6.54 Å². The SMILES string of the molecule is O=C(O)NCc1ccon1. The Morgan fingerprint density at radius 1 is 1.90 bits per heavy atom. The van der Waals surface area contributed by atoms with Crippen LogP contribution in [0.4, 0.5) is 4.79 Å². The van der Waals surface area contributed by atoms with Gasteiger partial charge < -0.3 is 14.9 Å². The molecule has 0 spiro atoms. The predicted molar refractivity (Wildman–Crippen MR) is 31.4 cm³/mol. The molecule has 1 heterocycles. The molecule has 0 saturated carbocycles. The topological polar surface area (TPSA) is 75.4 Å². The van der Waals surface area contributed by atoms with Crippen LogP contribution < -0.4 is 5.32 Å². The molecule has 10 heavy (non-hydrogen) atoms. The van der Waals surface area contributed by atoms with Crippen molar-refractivity contribution in [3.05, 3.63) is 18.0 Å². The molecule has 0 saturated heterocycles. The molecule has 0 aliphatic rings. The quantitative estimate of drug-likeness (QED) is 0.628. The summed E-state index contributed by atoms with van der Waals surface area (Å²) in [6, 6.07) is 1.59. The summed E-state index contributed by atoms with van der Waals surface area (Å²) in [7, 11) is 0. The van der Waals surface area contributed by atoms with Gasteiger partial charge in [-0.25, -0.2) is 4.79 Å². The number of nitrogens with zero attached hydrogens (tertiary/aromatic N) is 1. The Labute approximate surface area is 56.6 Å². The van der Waals surface area contributed by atoms with E-state index in [1.807, 2.05) is 0 Å². The van der Waals surface area contributed by atoms with E-state index in [2.05, 4.69) is 15.0 Å². The van der Waals surface area contributed by atoms with Crippen molar-refractivity contribution < 1.29 is 14.4 Å². The minimum Gasteiger partial charge on any atom is -0.465 e. The van der Waals surface area contributed by atoms with E-state index in [9.17, 15) is 4.79 Å². The fourth-order valence-electron chi connectivity index (χ4n) is 0.495. The highest BCUT2D eigenvalue weighted by molar-refractivity contribution is 5.64. The van der Waals surface area contributed by atoms with Crippen LogP contribution in [0.5, 0.6) is 0 Å². The first-order valence-corrected chi connectivity index (χ1v) is 2.65.